The Morgan fingerprint density at radius 3 is 2.46 bits per heavy atom. The van der Waals surface area contributed by atoms with Crippen LogP contribution in [0, 0.1) is 6.92 Å². The maximum Gasteiger partial charge on any atom is 0.258 e. The van der Waals surface area contributed by atoms with Gasteiger partial charge in [0, 0.05) is 19.6 Å². The first-order chi connectivity index (χ1) is 13.5. The summed E-state index contributed by atoms with van der Waals surface area (Å²) in [6.45, 7) is 3.25. The van der Waals surface area contributed by atoms with Crippen LogP contribution >= 0.6 is 0 Å². The number of piperidine rings is 1. The zero-order chi connectivity index (χ0) is 20.0. The van der Waals surface area contributed by atoms with Crippen LogP contribution in [0.2, 0.25) is 0 Å². The van der Waals surface area contributed by atoms with Gasteiger partial charge in [-0.15, -0.1) is 0 Å². The molecule has 0 atom stereocenters. The molecular weight excluding hydrogens is 376 g/mol. The summed E-state index contributed by atoms with van der Waals surface area (Å²) < 4.78 is 32.6. The third-order valence-electron chi connectivity index (χ3n) is 4.79. The maximum absolute atomic E-state index is 12.8. The molecule has 0 unspecified atom stereocenters. The summed E-state index contributed by atoms with van der Waals surface area (Å²) in [7, 11) is -3.47. The molecule has 1 fully saturated rings. The molecule has 3 rings (SSSR count). The SMILES string of the molecule is Cc1cc(S(=O)(=O)N2CCCCC2)ccc1OCC(=O)NCc1ccccc1. The third kappa shape index (κ3) is 5.11. The van der Waals surface area contributed by atoms with Gasteiger partial charge in [-0.25, -0.2) is 8.42 Å². The van der Waals surface area contributed by atoms with Gasteiger partial charge in [0.25, 0.3) is 5.91 Å². The molecule has 0 spiro atoms. The van der Waals surface area contributed by atoms with Crippen LogP contribution in [0.3, 0.4) is 0 Å². The van der Waals surface area contributed by atoms with Gasteiger partial charge in [-0.2, -0.15) is 4.31 Å². The summed E-state index contributed by atoms with van der Waals surface area (Å²) in [5, 5.41) is 2.80. The van der Waals surface area contributed by atoms with Crippen molar-refractivity contribution in [2.75, 3.05) is 19.7 Å². The average molecular weight is 403 g/mol. The number of aryl methyl sites for hydroxylation is 1. The Kier molecular flexibility index (Phi) is 6.70. The number of nitrogens with zero attached hydrogens (tertiary/aromatic N) is 1. The van der Waals surface area contributed by atoms with Crippen LogP contribution in [0.25, 0.3) is 0 Å². The van der Waals surface area contributed by atoms with Crippen LogP contribution in [0.5, 0.6) is 5.75 Å². The molecule has 0 aliphatic carbocycles. The number of ether oxygens (including phenoxy) is 1. The zero-order valence-corrected chi connectivity index (χ0v) is 16.9. The van der Waals surface area contributed by atoms with Gasteiger partial charge in [0.15, 0.2) is 6.61 Å². The van der Waals surface area contributed by atoms with E-state index in [0.717, 1.165) is 24.8 Å². The minimum absolute atomic E-state index is 0.119. The lowest BCUT2D eigenvalue weighted by Crippen LogP contribution is -2.35. The first kappa shape index (κ1) is 20.4. The van der Waals surface area contributed by atoms with E-state index in [2.05, 4.69) is 5.32 Å². The van der Waals surface area contributed by atoms with Gasteiger partial charge >= 0.3 is 0 Å². The normalized spacial score (nSPS) is 15.2. The number of rotatable bonds is 7. The molecule has 7 heteroatoms. The molecule has 1 heterocycles. The molecule has 0 radical (unpaired) electrons. The lowest BCUT2D eigenvalue weighted by molar-refractivity contribution is -0.123. The van der Waals surface area contributed by atoms with E-state index in [1.807, 2.05) is 30.3 Å². The number of sulfonamides is 1. The van der Waals surface area contributed by atoms with Crippen LogP contribution < -0.4 is 10.1 Å². The molecule has 2 aromatic rings. The summed E-state index contributed by atoms with van der Waals surface area (Å²) >= 11 is 0. The van der Waals surface area contributed by atoms with Gasteiger partial charge in [-0.3, -0.25) is 4.79 Å². The molecular formula is C21H26N2O4S. The van der Waals surface area contributed by atoms with E-state index in [0.29, 0.717) is 30.9 Å². The Labute approximate surface area is 166 Å². The van der Waals surface area contributed by atoms with Gasteiger partial charge in [0.2, 0.25) is 10.0 Å². The smallest absolute Gasteiger partial charge is 0.258 e. The van der Waals surface area contributed by atoms with Crippen molar-refractivity contribution < 1.29 is 17.9 Å². The Hall–Kier alpha value is -2.38. The number of carbonyl (C=O) groups excluding carboxylic acids is 1. The van der Waals surface area contributed by atoms with Crippen molar-refractivity contribution in [3.05, 3.63) is 59.7 Å². The van der Waals surface area contributed by atoms with Crippen LogP contribution in [0.1, 0.15) is 30.4 Å². The van der Waals surface area contributed by atoms with Crippen LogP contribution in [-0.4, -0.2) is 38.3 Å². The highest BCUT2D eigenvalue weighted by atomic mass is 32.2. The number of carbonyl (C=O) groups is 1. The molecule has 0 aromatic heterocycles. The fraction of sp³-hybridized carbons (Fsp3) is 0.381. The van der Waals surface area contributed by atoms with Gasteiger partial charge < -0.3 is 10.1 Å². The predicted molar refractivity (Wildman–Crippen MR) is 108 cm³/mol. The van der Waals surface area contributed by atoms with E-state index >= 15 is 0 Å². The van der Waals surface area contributed by atoms with Gasteiger partial charge in [0.05, 0.1) is 4.90 Å². The van der Waals surface area contributed by atoms with E-state index in [1.54, 1.807) is 29.4 Å². The molecule has 1 amide bonds. The number of hydrogen-bond acceptors (Lipinski definition) is 4. The van der Waals surface area contributed by atoms with Crippen molar-refractivity contribution in [2.24, 2.45) is 0 Å². The molecule has 0 saturated carbocycles. The minimum atomic E-state index is -3.47. The Bertz CT molecular complexity index is 907. The van der Waals surface area contributed by atoms with E-state index in [9.17, 15) is 13.2 Å². The molecule has 0 bridgehead atoms. The second-order valence-corrected chi connectivity index (χ2v) is 8.88. The van der Waals surface area contributed by atoms with E-state index in [-0.39, 0.29) is 17.4 Å². The fourth-order valence-corrected chi connectivity index (χ4v) is 4.79. The van der Waals surface area contributed by atoms with E-state index < -0.39 is 10.0 Å². The van der Waals surface area contributed by atoms with E-state index in [1.165, 1.54) is 0 Å². The standard InChI is InChI=1S/C21H26N2O4S/c1-17-14-19(28(25,26)23-12-6-3-7-13-23)10-11-20(17)27-16-21(24)22-15-18-8-4-2-5-9-18/h2,4-5,8-11,14H,3,6-7,12-13,15-16H2,1H3,(H,22,24). The van der Waals surface area contributed by atoms with Crippen LogP contribution in [0.15, 0.2) is 53.4 Å². The van der Waals surface area contributed by atoms with Crippen molar-refractivity contribution in [1.29, 1.82) is 0 Å². The van der Waals surface area contributed by atoms with Crippen molar-refractivity contribution in [3.63, 3.8) is 0 Å². The largest absolute Gasteiger partial charge is 0.484 e. The quantitative estimate of drug-likeness (QED) is 0.773. The molecule has 6 nitrogen and oxygen atoms in total. The molecule has 28 heavy (non-hydrogen) atoms. The molecule has 1 N–H and O–H groups in total. The van der Waals surface area contributed by atoms with Crippen molar-refractivity contribution in [1.82, 2.24) is 9.62 Å². The topological polar surface area (TPSA) is 75.7 Å². The highest BCUT2D eigenvalue weighted by Crippen LogP contribution is 2.25. The second-order valence-electron chi connectivity index (χ2n) is 6.94. The number of nitrogens with one attached hydrogen (secondary N) is 1. The van der Waals surface area contributed by atoms with Crippen molar-refractivity contribution >= 4 is 15.9 Å². The number of amides is 1. The number of hydrogen-bond donors (Lipinski definition) is 1. The Balaban J connectivity index is 1.57. The van der Waals surface area contributed by atoms with Crippen molar-refractivity contribution in [3.8, 4) is 5.75 Å². The highest BCUT2D eigenvalue weighted by Gasteiger charge is 2.26. The van der Waals surface area contributed by atoms with Gasteiger partial charge in [-0.1, -0.05) is 36.8 Å². The highest BCUT2D eigenvalue weighted by molar-refractivity contribution is 7.89. The van der Waals surface area contributed by atoms with E-state index in [4.69, 9.17) is 4.74 Å². The lowest BCUT2D eigenvalue weighted by Gasteiger charge is -2.26. The fourth-order valence-electron chi connectivity index (χ4n) is 3.19. The molecule has 1 saturated heterocycles. The Morgan fingerprint density at radius 1 is 1.07 bits per heavy atom. The molecule has 150 valence electrons. The molecule has 2 aromatic carbocycles. The molecule has 1 aliphatic heterocycles. The Morgan fingerprint density at radius 2 is 1.79 bits per heavy atom. The summed E-state index contributed by atoms with van der Waals surface area (Å²) in [6, 6.07) is 14.4. The predicted octanol–water partition coefficient (Wildman–Crippen LogP) is 2.86. The monoisotopic (exact) mass is 402 g/mol. The lowest BCUT2D eigenvalue weighted by atomic mass is 10.2. The summed E-state index contributed by atoms with van der Waals surface area (Å²) in [6.07, 6.45) is 2.87. The summed E-state index contributed by atoms with van der Waals surface area (Å²) in [5.74, 6) is 0.278. The second kappa shape index (κ2) is 9.21. The third-order valence-corrected chi connectivity index (χ3v) is 6.69. The summed E-state index contributed by atoms with van der Waals surface area (Å²) in [5.41, 5.74) is 1.70. The first-order valence-corrected chi connectivity index (χ1v) is 10.9. The number of benzene rings is 2. The maximum atomic E-state index is 12.8. The van der Waals surface area contributed by atoms with Crippen LogP contribution in [-0.2, 0) is 21.4 Å². The van der Waals surface area contributed by atoms with Crippen LogP contribution in [0.4, 0.5) is 0 Å². The van der Waals surface area contributed by atoms with Crippen molar-refractivity contribution in [2.45, 2.75) is 37.6 Å². The summed E-state index contributed by atoms with van der Waals surface area (Å²) in [4.78, 5) is 12.3. The van der Waals surface area contributed by atoms with Gasteiger partial charge in [-0.05, 0) is 49.1 Å². The zero-order valence-electron chi connectivity index (χ0n) is 16.1. The minimum Gasteiger partial charge on any atom is -0.484 e. The van der Waals surface area contributed by atoms with Gasteiger partial charge in [0.1, 0.15) is 5.75 Å². The first-order valence-electron chi connectivity index (χ1n) is 9.51. The average Bonchev–Trinajstić information content (AvgIpc) is 2.72. The molecule has 1 aliphatic rings.